The summed E-state index contributed by atoms with van der Waals surface area (Å²) in [6.45, 7) is -0.244. The van der Waals surface area contributed by atoms with Crippen molar-refractivity contribution in [3.05, 3.63) is 34.6 Å². The minimum Gasteiger partial charge on any atom is -0.468 e. The van der Waals surface area contributed by atoms with Crippen molar-refractivity contribution >= 4 is 34.5 Å². The minimum atomic E-state index is -0.551. The summed E-state index contributed by atoms with van der Waals surface area (Å²) in [6, 6.07) is 6.88. The van der Waals surface area contributed by atoms with Crippen molar-refractivity contribution in [2.24, 2.45) is 0 Å². The molecule has 8 heteroatoms. The third-order valence-electron chi connectivity index (χ3n) is 3.17. The van der Waals surface area contributed by atoms with Crippen LogP contribution >= 0.6 is 11.8 Å². The van der Waals surface area contributed by atoms with Crippen LogP contribution in [0, 0.1) is 0 Å². The first-order valence-corrected chi connectivity index (χ1v) is 7.82. The molecule has 0 radical (unpaired) electrons. The van der Waals surface area contributed by atoms with Crippen molar-refractivity contribution in [3.63, 3.8) is 0 Å². The van der Waals surface area contributed by atoms with E-state index in [1.807, 2.05) is 0 Å². The van der Waals surface area contributed by atoms with Gasteiger partial charge in [0.15, 0.2) is 5.16 Å². The van der Waals surface area contributed by atoms with E-state index in [-0.39, 0.29) is 23.8 Å². The number of para-hydroxylation sites is 1. The Morgan fingerprint density at radius 2 is 2.00 bits per heavy atom. The van der Waals surface area contributed by atoms with Crippen LogP contribution in [0.4, 0.5) is 0 Å². The van der Waals surface area contributed by atoms with Crippen molar-refractivity contribution in [1.82, 2.24) is 14.5 Å². The van der Waals surface area contributed by atoms with Gasteiger partial charge in [0.05, 0.1) is 23.8 Å². The van der Waals surface area contributed by atoms with E-state index in [1.165, 1.54) is 16.6 Å². The van der Waals surface area contributed by atoms with Crippen molar-refractivity contribution in [3.8, 4) is 0 Å². The van der Waals surface area contributed by atoms with E-state index in [1.54, 1.807) is 38.4 Å². The number of ether oxygens (including phenoxy) is 1. The van der Waals surface area contributed by atoms with Gasteiger partial charge in [-0.3, -0.25) is 19.0 Å². The van der Waals surface area contributed by atoms with Crippen molar-refractivity contribution < 1.29 is 14.3 Å². The molecule has 0 aliphatic rings. The average Bonchev–Trinajstić information content (AvgIpc) is 2.55. The lowest BCUT2D eigenvalue weighted by atomic mass is 10.2. The van der Waals surface area contributed by atoms with Gasteiger partial charge < -0.3 is 9.64 Å². The van der Waals surface area contributed by atoms with Gasteiger partial charge in [-0.15, -0.1) is 0 Å². The molecular formula is C15H17N3O4S. The van der Waals surface area contributed by atoms with Gasteiger partial charge in [0.2, 0.25) is 5.91 Å². The molecule has 1 aromatic carbocycles. The molecule has 0 N–H and O–H groups in total. The van der Waals surface area contributed by atoms with E-state index in [0.29, 0.717) is 16.1 Å². The smallest absolute Gasteiger partial charge is 0.325 e. The Kier molecular flexibility index (Phi) is 5.38. The second-order valence-electron chi connectivity index (χ2n) is 4.96. The topological polar surface area (TPSA) is 81.5 Å². The standard InChI is InChI=1S/C15H17N3O4S/c1-17(2)12(19)9-23-15-16-11-7-5-4-6-10(11)14(21)18(15)8-13(20)22-3/h4-7H,8-9H2,1-3H3. The molecule has 0 saturated carbocycles. The van der Waals surface area contributed by atoms with Crippen LogP contribution < -0.4 is 5.56 Å². The third-order valence-corrected chi connectivity index (χ3v) is 4.13. The maximum absolute atomic E-state index is 12.6. The lowest BCUT2D eigenvalue weighted by Crippen LogP contribution is -2.28. The number of carbonyl (C=O) groups excluding carboxylic acids is 2. The van der Waals surface area contributed by atoms with Crippen LogP contribution in [-0.4, -0.2) is 53.3 Å². The van der Waals surface area contributed by atoms with Gasteiger partial charge >= 0.3 is 5.97 Å². The number of carbonyl (C=O) groups is 2. The second kappa shape index (κ2) is 7.28. The summed E-state index contributed by atoms with van der Waals surface area (Å²) in [5, 5.41) is 0.731. The SMILES string of the molecule is COC(=O)Cn1c(SCC(=O)N(C)C)nc2ccccc2c1=O. The maximum atomic E-state index is 12.6. The molecule has 23 heavy (non-hydrogen) atoms. The molecule has 0 bridgehead atoms. The molecule has 1 heterocycles. The molecule has 1 aromatic heterocycles. The van der Waals surface area contributed by atoms with Gasteiger partial charge in [-0.05, 0) is 12.1 Å². The first-order valence-electron chi connectivity index (χ1n) is 6.83. The van der Waals surface area contributed by atoms with Crippen LogP contribution in [0.3, 0.4) is 0 Å². The Labute approximate surface area is 137 Å². The molecule has 0 saturated heterocycles. The van der Waals surface area contributed by atoms with Gasteiger partial charge in [-0.2, -0.15) is 0 Å². The number of hydrogen-bond donors (Lipinski definition) is 0. The molecule has 2 rings (SSSR count). The number of esters is 1. The van der Waals surface area contributed by atoms with E-state index in [4.69, 9.17) is 0 Å². The van der Waals surface area contributed by atoms with Crippen LogP contribution in [-0.2, 0) is 20.9 Å². The Hall–Kier alpha value is -2.35. The van der Waals surface area contributed by atoms with Crippen LogP contribution in [0.2, 0.25) is 0 Å². The van der Waals surface area contributed by atoms with Crippen molar-refractivity contribution in [2.45, 2.75) is 11.7 Å². The van der Waals surface area contributed by atoms with Crippen molar-refractivity contribution in [2.75, 3.05) is 27.0 Å². The number of amides is 1. The summed E-state index contributed by atoms with van der Waals surface area (Å²) in [4.78, 5) is 41.8. The largest absolute Gasteiger partial charge is 0.468 e. The number of rotatable bonds is 5. The summed E-state index contributed by atoms with van der Waals surface area (Å²) in [5.41, 5.74) is 0.194. The summed E-state index contributed by atoms with van der Waals surface area (Å²) >= 11 is 1.12. The van der Waals surface area contributed by atoms with Crippen LogP contribution in [0.25, 0.3) is 10.9 Å². The van der Waals surface area contributed by atoms with E-state index in [9.17, 15) is 14.4 Å². The highest BCUT2D eigenvalue weighted by molar-refractivity contribution is 7.99. The van der Waals surface area contributed by atoms with E-state index in [2.05, 4.69) is 9.72 Å². The fourth-order valence-electron chi connectivity index (χ4n) is 1.85. The molecule has 0 spiro atoms. The predicted molar refractivity (Wildman–Crippen MR) is 87.4 cm³/mol. The highest BCUT2D eigenvalue weighted by atomic mass is 32.2. The fraction of sp³-hybridized carbons (Fsp3) is 0.333. The molecular weight excluding hydrogens is 318 g/mol. The van der Waals surface area contributed by atoms with Crippen molar-refractivity contribution in [1.29, 1.82) is 0 Å². The minimum absolute atomic E-state index is 0.109. The number of hydrogen-bond acceptors (Lipinski definition) is 6. The van der Waals surface area contributed by atoms with E-state index >= 15 is 0 Å². The van der Waals surface area contributed by atoms with Gasteiger partial charge in [0.25, 0.3) is 5.56 Å². The Balaban J connectivity index is 2.47. The monoisotopic (exact) mass is 335 g/mol. The lowest BCUT2D eigenvalue weighted by Gasteiger charge is -2.13. The van der Waals surface area contributed by atoms with Gasteiger partial charge in [0.1, 0.15) is 6.54 Å². The van der Waals surface area contributed by atoms with E-state index < -0.39 is 5.97 Å². The Morgan fingerprint density at radius 1 is 1.30 bits per heavy atom. The molecule has 0 unspecified atom stereocenters. The number of benzene rings is 1. The fourth-order valence-corrected chi connectivity index (χ4v) is 2.82. The molecule has 2 aromatic rings. The molecule has 1 amide bonds. The molecule has 0 fully saturated rings. The number of methoxy groups -OCH3 is 1. The lowest BCUT2D eigenvalue weighted by molar-refractivity contribution is -0.141. The summed E-state index contributed by atoms with van der Waals surface area (Å²) < 4.78 is 5.87. The quantitative estimate of drug-likeness (QED) is 0.456. The maximum Gasteiger partial charge on any atom is 0.325 e. The van der Waals surface area contributed by atoms with Gasteiger partial charge in [0, 0.05) is 14.1 Å². The zero-order valence-corrected chi connectivity index (χ0v) is 13.9. The zero-order valence-electron chi connectivity index (χ0n) is 13.1. The molecule has 7 nitrogen and oxygen atoms in total. The first-order chi connectivity index (χ1) is 10.9. The van der Waals surface area contributed by atoms with Crippen LogP contribution in [0.5, 0.6) is 0 Å². The summed E-state index contributed by atoms with van der Waals surface area (Å²) in [5.74, 6) is -0.536. The summed E-state index contributed by atoms with van der Waals surface area (Å²) in [7, 11) is 4.56. The first kappa shape index (κ1) is 17.0. The average molecular weight is 335 g/mol. The second-order valence-corrected chi connectivity index (χ2v) is 5.90. The molecule has 0 atom stereocenters. The van der Waals surface area contributed by atoms with E-state index in [0.717, 1.165) is 11.8 Å². The predicted octanol–water partition coefficient (Wildman–Crippen LogP) is 0.750. The molecule has 122 valence electrons. The van der Waals surface area contributed by atoms with Gasteiger partial charge in [-0.25, -0.2) is 4.98 Å². The normalized spacial score (nSPS) is 10.6. The number of nitrogens with zero attached hydrogens (tertiary/aromatic N) is 3. The highest BCUT2D eigenvalue weighted by Gasteiger charge is 2.16. The van der Waals surface area contributed by atoms with Crippen LogP contribution in [0.15, 0.2) is 34.2 Å². The highest BCUT2D eigenvalue weighted by Crippen LogP contribution is 2.18. The zero-order chi connectivity index (χ0) is 17.0. The number of thioether (sulfide) groups is 1. The van der Waals surface area contributed by atoms with Crippen LogP contribution in [0.1, 0.15) is 0 Å². The molecule has 0 aliphatic carbocycles. The Bertz CT molecular complexity index is 801. The molecule has 0 aliphatic heterocycles. The number of aromatic nitrogens is 2. The Morgan fingerprint density at radius 3 is 2.65 bits per heavy atom. The summed E-state index contributed by atoms with van der Waals surface area (Å²) in [6.07, 6.45) is 0. The third kappa shape index (κ3) is 3.89. The van der Waals surface area contributed by atoms with Gasteiger partial charge in [-0.1, -0.05) is 23.9 Å². The number of fused-ring (bicyclic) bond motifs is 1.